The van der Waals surface area contributed by atoms with Crippen LogP contribution in [0.25, 0.3) is 0 Å². The van der Waals surface area contributed by atoms with E-state index in [1.165, 1.54) is 14.0 Å². The average molecular weight is 735 g/mol. The van der Waals surface area contributed by atoms with Gasteiger partial charge in [-0.1, -0.05) is 20.8 Å². The molecule has 6 N–H and O–H groups in total. The fourth-order valence-corrected chi connectivity index (χ4v) is 8.53. The first kappa shape index (κ1) is 44.4. The van der Waals surface area contributed by atoms with E-state index in [1.54, 1.807) is 48.6 Å². The summed E-state index contributed by atoms with van der Waals surface area (Å²) >= 11 is 0. The van der Waals surface area contributed by atoms with Gasteiger partial charge in [0.05, 0.1) is 41.5 Å². The van der Waals surface area contributed by atoms with Crippen LogP contribution in [0.3, 0.4) is 0 Å². The molecule has 0 aromatic carbocycles. The molecule has 0 aromatic rings. The first-order chi connectivity index (χ1) is 23.5. The van der Waals surface area contributed by atoms with Crippen molar-refractivity contribution < 1.29 is 58.7 Å². The maximum Gasteiger partial charge on any atom is 0.311 e. The zero-order valence-corrected chi connectivity index (χ0v) is 33.2. The lowest BCUT2D eigenvalue weighted by molar-refractivity contribution is -0.316. The molecule has 51 heavy (non-hydrogen) atoms. The molecule has 3 fully saturated rings. The lowest BCUT2D eigenvalue weighted by atomic mass is 9.77. The number of aliphatic hydroxyl groups excluding tert-OH is 3. The second kappa shape index (κ2) is 17.6. The number of carbonyl (C=O) groups excluding carboxylic acids is 1. The number of likely N-dealkylation sites (N-methyl/N-ethyl adjacent to an activating group) is 2. The fourth-order valence-electron chi connectivity index (χ4n) is 8.53. The molecule has 0 saturated carbocycles. The molecule has 3 heterocycles. The van der Waals surface area contributed by atoms with E-state index in [4.69, 9.17) is 28.4 Å². The number of methoxy groups -OCH3 is 1. The number of rotatable bonds is 7. The number of aliphatic hydroxyl groups is 5. The number of hydrogen-bond donors (Lipinski definition) is 6. The normalized spacial score (nSPS) is 50.2. The van der Waals surface area contributed by atoms with Gasteiger partial charge in [-0.3, -0.25) is 4.79 Å². The predicted molar refractivity (Wildman–Crippen MR) is 190 cm³/mol. The van der Waals surface area contributed by atoms with Crippen molar-refractivity contribution in [2.75, 3.05) is 27.7 Å². The van der Waals surface area contributed by atoms with Gasteiger partial charge in [-0.05, 0) is 87.7 Å². The second-order valence-electron chi connectivity index (χ2n) is 16.5. The van der Waals surface area contributed by atoms with E-state index in [0.717, 1.165) is 0 Å². The Hall–Kier alpha value is -1.01. The van der Waals surface area contributed by atoms with Gasteiger partial charge in [0.1, 0.15) is 30.0 Å². The minimum atomic E-state index is -1.80. The number of esters is 1. The zero-order chi connectivity index (χ0) is 38.8. The van der Waals surface area contributed by atoms with Gasteiger partial charge in [0.15, 0.2) is 12.6 Å². The summed E-state index contributed by atoms with van der Waals surface area (Å²) in [7, 11) is 5.10. The van der Waals surface area contributed by atoms with Crippen molar-refractivity contribution in [1.29, 1.82) is 0 Å². The Morgan fingerprint density at radius 2 is 1.59 bits per heavy atom. The van der Waals surface area contributed by atoms with Gasteiger partial charge in [0.25, 0.3) is 0 Å². The Balaban J connectivity index is 2.16. The number of carbonyl (C=O) groups is 1. The molecule has 0 aromatic heterocycles. The van der Waals surface area contributed by atoms with Crippen molar-refractivity contribution in [2.24, 2.45) is 17.8 Å². The van der Waals surface area contributed by atoms with Crippen LogP contribution in [0.2, 0.25) is 0 Å². The van der Waals surface area contributed by atoms with E-state index in [-0.39, 0.29) is 37.3 Å². The fraction of sp³-hybridized carbons (Fsp3) is 0.973. The largest absolute Gasteiger partial charge is 0.459 e. The Bertz CT molecular complexity index is 1110. The van der Waals surface area contributed by atoms with Crippen LogP contribution in [-0.2, 0) is 33.2 Å². The number of nitrogens with one attached hydrogen (secondary N) is 1. The van der Waals surface area contributed by atoms with Crippen LogP contribution >= 0.6 is 0 Å². The van der Waals surface area contributed by atoms with Gasteiger partial charge in [-0.2, -0.15) is 0 Å². The molecule has 0 amide bonds. The summed E-state index contributed by atoms with van der Waals surface area (Å²) in [6.07, 6.45) is -8.24. The molecule has 0 spiro atoms. The topological polar surface area (TPSA) is 189 Å². The SMILES string of the molecule is CC[C@H]1OC(=O)[C@H](C)[C@H](O[C@H]2C[C@@](C)(OC)[C@@H](O)[C@H](C)O2)[C@H](C)[C@@H](O[C@@H]2O[C@H](C)C[C@H](NC)[C@H]2O)[C@](C)(O)C[C@@H](C)CN(C)[C@H](C)[C@H](O)[C@]1(C)O. The summed E-state index contributed by atoms with van der Waals surface area (Å²) in [5.74, 6) is -2.59. The van der Waals surface area contributed by atoms with Gasteiger partial charge in [0.2, 0.25) is 0 Å². The highest BCUT2D eigenvalue weighted by Crippen LogP contribution is 2.40. The minimum Gasteiger partial charge on any atom is -0.459 e. The number of hydrogen-bond acceptors (Lipinski definition) is 14. The van der Waals surface area contributed by atoms with Crippen LogP contribution in [0, 0.1) is 17.8 Å². The highest BCUT2D eigenvalue weighted by atomic mass is 16.7. The third-order valence-corrected chi connectivity index (χ3v) is 11.9. The van der Waals surface area contributed by atoms with Gasteiger partial charge in [-0.25, -0.2) is 0 Å². The van der Waals surface area contributed by atoms with Crippen molar-refractivity contribution in [3.8, 4) is 0 Å². The lowest BCUT2D eigenvalue weighted by Crippen LogP contribution is -2.60. The van der Waals surface area contributed by atoms with E-state index in [2.05, 4.69) is 5.32 Å². The third kappa shape index (κ3) is 10.0. The molecule has 3 saturated heterocycles. The molecule has 18 atom stereocenters. The zero-order valence-electron chi connectivity index (χ0n) is 33.2. The quantitative estimate of drug-likeness (QED) is 0.207. The number of nitrogens with zero attached hydrogens (tertiary/aromatic N) is 1. The Morgan fingerprint density at radius 1 is 0.961 bits per heavy atom. The molecule has 14 heteroatoms. The van der Waals surface area contributed by atoms with Gasteiger partial charge in [-0.15, -0.1) is 0 Å². The highest BCUT2D eigenvalue weighted by Gasteiger charge is 2.52. The summed E-state index contributed by atoms with van der Waals surface area (Å²) in [6, 6.07) is -0.858. The molecule has 3 aliphatic heterocycles. The van der Waals surface area contributed by atoms with Crippen LogP contribution in [-0.4, -0.2) is 154 Å². The molecule has 0 aliphatic carbocycles. The van der Waals surface area contributed by atoms with E-state index in [0.29, 0.717) is 13.0 Å². The first-order valence-corrected chi connectivity index (χ1v) is 18.8. The van der Waals surface area contributed by atoms with Crippen molar-refractivity contribution >= 4 is 5.97 Å². The van der Waals surface area contributed by atoms with Gasteiger partial charge < -0.3 is 64.2 Å². The minimum absolute atomic E-state index is 0.132. The smallest absolute Gasteiger partial charge is 0.311 e. The Labute approximate surface area is 305 Å². The van der Waals surface area contributed by atoms with Crippen LogP contribution in [0.5, 0.6) is 0 Å². The first-order valence-electron chi connectivity index (χ1n) is 18.8. The molecule has 0 bridgehead atoms. The summed E-state index contributed by atoms with van der Waals surface area (Å²) < 4.78 is 37.3. The molecule has 0 unspecified atom stereocenters. The average Bonchev–Trinajstić information content (AvgIpc) is 3.05. The van der Waals surface area contributed by atoms with Crippen molar-refractivity contribution in [3.63, 3.8) is 0 Å². The molecular formula is C37H70N2O12. The van der Waals surface area contributed by atoms with Crippen LogP contribution in [0.4, 0.5) is 0 Å². The van der Waals surface area contributed by atoms with E-state index >= 15 is 0 Å². The van der Waals surface area contributed by atoms with Crippen LogP contribution in [0.1, 0.15) is 94.9 Å². The maximum absolute atomic E-state index is 14.2. The van der Waals surface area contributed by atoms with E-state index in [1.807, 2.05) is 32.7 Å². The molecule has 0 radical (unpaired) electrons. The molecule has 300 valence electrons. The maximum atomic E-state index is 14.2. The standard InChI is InChI=1S/C37H70N2O12/c1-14-26-37(10,45)30(41)23(6)39(12)18-19(2)16-35(8,44)32(51-34-28(40)25(38-11)15-20(3)47-34)21(4)29(22(5)33(43)49-26)50-27-17-36(9,46-13)31(42)24(7)48-27/h19-32,34,38,40-42,44-45H,14-18H2,1-13H3/t19-,20-,21+,22-,23-,24+,25+,26-,27+,28-,29-,30+,31+,32-,34+,35-,36-,37-/m1/s1. The third-order valence-electron chi connectivity index (χ3n) is 11.9. The van der Waals surface area contributed by atoms with Crippen molar-refractivity contribution in [2.45, 2.75) is 185 Å². The predicted octanol–water partition coefficient (Wildman–Crippen LogP) is 1.56. The molecule has 3 aliphatic rings. The molecule has 14 nitrogen and oxygen atoms in total. The van der Waals surface area contributed by atoms with Crippen LogP contribution in [0.15, 0.2) is 0 Å². The van der Waals surface area contributed by atoms with Gasteiger partial charge in [0, 0.05) is 38.1 Å². The highest BCUT2D eigenvalue weighted by molar-refractivity contribution is 5.73. The number of ether oxygens (including phenoxy) is 6. The van der Waals surface area contributed by atoms with Crippen LogP contribution < -0.4 is 5.32 Å². The summed E-state index contributed by atoms with van der Waals surface area (Å²) in [6.45, 7) is 18.0. The Morgan fingerprint density at radius 3 is 2.16 bits per heavy atom. The monoisotopic (exact) mass is 734 g/mol. The number of cyclic esters (lactones) is 1. The van der Waals surface area contributed by atoms with Crippen molar-refractivity contribution in [3.05, 3.63) is 0 Å². The lowest BCUT2D eigenvalue weighted by Gasteiger charge is -2.48. The van der Waals surface area contributed by atoms with Crippen molar-refractivity contribution in [1.82, 2.24) is 10.2 Å². The van der Waals surface area contributed by atoms with Gasteiger partial charge >= 0.3 is 5.97 Å². The summed E-state index contributed by atoms with van der Waals surface area (Å²) in [5, 5.41) is 61.0. The Kier molecular flexibility index (Phi) is 15.3. The second-order valence-corrected chi connectivity index (χ2v) is 16.5. The summed E-state index contributed by atoms with van der Waals surface area (Å²) in [5.41, 5.74) is -4.37. The molecule has 3 rings (SSSR count). The van der Waals surface area contributed by atoms with E-state index < -0.39 is 96.0 Å². The molecular weight excluding hydrogens is 664 g/mol. The van der Waals surface area contributed by atoms with E-state index in [9.17, 15) is 30.3 Å². The summed E-state index contributed by atoms with van der Waals surface area (Å²) in [4.78, 5) is 16.1.